The molecule has 0 unspecified atom stereocenters. The molecule has 0 spiro atoms. The van der Waals surface area contributed by atoms with Crippen molar-refractivity contribution in [2.45, 2.75) is 20.8 Å². The normalized spacial score (nSPS) is 17.6. The van der Waals surface area contributed by atoms with Crippen molar-refractivity contribution in [1.82, 2.24) is 0 Å². The predicted molar refractivity (Wildman–Crippen MR) is 67.3 cm³/mol. The number of nitrogens with two attached hydrogens (primary N) is 1. The zero-order chi connectivity index (χ0) is 12.6. The van der Waals surface area contributed by atoms with Gasteiger partial charge in [0, 0.05) is 12.1 Å². The Hall–Kier alpha value is -1.19. The number of aryl methyl sites for hydroxylation is 3. The lowest BCUT2D eigenvalue weighted by Crippen LogP contribution is -2.54. The number of hydrogen-bond donors (Lipinski definition) is 1. The van der Waals surface area contributed by atoms with Gasteiger partial charge in [-0.25, -0.2) is 0 Å². The average molecular weight is 233 g/mol. The Labute approximate surface area is 102 Å². The molecule has 0 radical (unpaired) electrons. The molecular weight excluding hydrogens is 214 g/mol. The van der Waals surface area contributed by atoms with Crippen LogP contribution in [0.3, 0.4) is 0 Å². The quantitative estimate of drug-likeness (QED) is 0.809. The molecule has 0 aromatic heterocycles. The molecule has 92 valence electrons. The molecule has 0 saturated carbocycles. The Morgan fingerprint density at radius 1 is 1.24 bits per heavy atom. The van der Waals surface area contributed by atoms with Gasteiger partial charge in [0.25, 0.3) is 0 Å². The lowest BCUT2D eigenvalue weighted by molar-refractivity contribution is -0.0816. The second-order valence-electron chi connectivity index (χ2n) is 5.06. The van der Waals surface area contributed by atoms with Crippen LogP contribution in [0, 0.1) is 26.2 Å². The minimum absolute atomic E-state index is 0.131. The van der Waals surface area contributed by atoms with E-state index in [2.05, 4.69) is 13.0 Å². The van der Waals surface area contributed by atoms with E-state index in [1.54, 1.807) is 0 Å². The standard InChI is InChI=1S/C14H19NO2/c1-9-4-11(3)12(5-10(9)2)13(16)14(6-15)7-17-8-14/h4-5H,6-8,15H2,1-3H3. The second-order valence-corrected chi connectivity index (χ2v) is 5.06. The van der Waals surface area contributed by atoms with Crippen molar-refractivity contribution in [3.8, 4) is 0 Å². The SMILES string of the molecule is Cc1cc(C)c(C(=O)C2(CN)COC2)cc1C. The fourth-order valence-corrected chi connectivity index (χ4v) is 2.18. The van der Waals surface area contributed by atoms with Gasteiger partial charge in [0.05, 0.1) is 18.6 Å². The van der Waals surface area contributed by atoms with E-state index >= 15 is 0 Å². The maximum Gasteiger partial charge on any atom is 0.175 e. The summed E-state index contributed by atoms with van der Waals surface area (Å²) in [6.07, 6.45) is 0. The van der Waals surface area contributed by atoms with Crippen LogP contribution >= 0.6 is 0 Å². The van der Waals surface area contributed by atoms with Gasteiger partial charge in [-0.15, -0.1) is 0 Å². The monoisotopic (exact) mass is 233 g/mol. The molecular formula is C14H19NO2. The number of hydrogen-bond acceptors (Lipinski definition) is 3. The maximum absolute atomic E-state index is 12.5. The summed E-state index contributed by atoms with van der Waals surface area (Å²) in [5, 5.41) is 0. The molecule has 1 aromatic rings. The second kappa shape index (κ2) is 4.24. The number of ether oxygens (including phenoxy) is 1. The van der Waals surface area contributed by atoms with Gasteiger partial charge in [-0.1, -0.05) is 6.07 Å². The molecule has 0 aliphatic carbocycles. The van der Waals surface area contributed by atoms with Crippen molar-refractivity contribution in [3.05, 3.63) is 34.4 Å². The van der Waals surface area contributed by atoms with Crippen LogP contribution in [0.5, 0.6) is 0 Å². The first-order chi connectivity index (χ1) is 8.00. The van der Waals surface area contributed by atoms with E-state index in [0.717, 1.165) is 16.7 Å². The number of carbonyl (C=O) groups is 1. The molecule has 2 rings (SSSR count). The minimum atomic E-state index is -0.480. The Balaban J connectivity index is 2.40. The topological polar surface area (TPSA) is 52.3 Å². The summed E-state index contributed by atoms with van der Waals surface area (Å²) < 4.78 is 5.16. The number of ketones is 1. The fourth-order valence-electron chi connectivity index (χ4n) is 2.18. The summed E-state index contributed by atoms with van der Waals surface area (Å²) in [5.74, 6) is 0.131. The van der Waals surface area contributed by atoms with Crippen molar-refractivity contribution in [1.29, 1.82) is 0 Å². The van der Waals surface area contributed by atoms with Crippen LogP contribution in [0.25, 0.3) is 0 Å². The smallest absolute Gasteiger partial charge is 0.175 e. The molecule has 1 saturated heterocycles. The summed E-state index contributed by atoms with van der Waals surface area (Å²) in [6, 6.07) is 4.04. The maximum atomic E-state index is 12.5. The van der Waals surface area contributed by atoms with E-state index < -0.39 is 5.41 Å². The third kappa shape index (κ3) is 1.90. The van der Waals surface area contributed by atoms with Gasteiger partial charge in [-0.3, -0.25) is 4.79 Å². The highest BCUT2D eigenvalue weighted by molar-refractivity contribution is 6.02. The zero-order valence-corrected chi connectivity index (χ0v) is 10.7. The molecule has 0 amide bonds. The van der Waals surface area contributed by atoms with Crippen molar-refractivity contribution in [2.75, 3.05) is 19.8 Å². The molecule has 17 heavy (non-hydrogen) atoms. The van der Waals surface area contributed by atoms with Gasteiger partial charge in [0.1, 0.15) is 0 Å². The van der Waals surface area contributed by atoms with Crippen LogP contribution in [-0.2, 0) is 4.74 Å². The van der Waals surface area contributed by atoms with Gasteiger partial charge in [-0.05, 0) is 43.5 Å². The van der Waals surface area contributed by atoms with Gasteiger partial charge < -0.3 is 10.5 Å². The Morgan fingerprint density at radius 2 is 1.82 bits per heavy atom. The first kappa shape index (κ1) is 12.3. The Morgan fingerprint density at radius 3 is 2.29 bits per heavy atom. The molecule has 2 N–H and O–H groups in total. The molecule has 3 nitrogen and oxygen atoms in total. The van der Waals surface area contributed by atoms with Crippen molar-refractivity contribution < 1.29 is 9.53 Å². The molecule has 1 heterocycles. The lowest BCUT2D eigenvalue weighted by atomic mass is 9.77. The van der Waals surface area contributed by atoms with E-state index in [9.17, 15) is 4.79 Å². The molecule has 0 bridgehead atoms. The predicted octanol–water partition coefficient (Wildman–Crippen LogP) is 1.77. The van der Waals surface area contributed by atoms with Gasteiger partial charge >= 0.3 is 0 Å². The molecule has 1 aliphatic heterocycles. The summed E-state index contributed by atoms with van der Waals surface area (Å²) in [4.78, 5) is 12.5. The molecule has 0 atom stereocenters. The van der Waals surface area contributed by atoms with E-state index in [4.69, 9.17) is 10.5 Å². The third-order valence-corrected chi connectivity index (χ3v) is 3.71. The highest BCUT2D eigenvalue weighted by Gasteiger charge is 2.45. The summed E-state index contributed by atoms with van der Waals surface area (Å²) in [5.41, 5.74) is 9.42. The average Bonchev–Trinajstić information content (AvgIpc) is 2.22. The number of Topliss-reactive ketones (excluding diaryl/α,β-unsaturated/α-hetero) is 1. The molecule has 1 aromatic carbocycles. The summed E-state index contributed by atoms with van der Waals surface area (Å²) >= 11 is 0. The first-order valence-corrected chi connectivity index (χ1v) is 5.91. The van der Waals surface area contributed by atoms with E-state index in [0.29, 0.717) is 19.8 Å². The van der Waals surface area contributed by atoms with Crippen LogP contribution < -0.4 is 5.73 Å². The number of carbonyl (C=O) groups excluding carboxylic acids is 1. The zero-order valence-electron chi connectivity index (χ0n) is 10.7. The fraction of sp³-hybridized carbons (Fsp3) is 0.500. The van der Waals surface area contributed by atoms with Crippen molar-refractivity contribution in [3.63, 3.8) is 0 Å². The lowest BCUT2D eigenvalue weighted by Gasteiger charge is -2.39. The van der Waals surface area contributed by atoms with Crippen molar-refractivity contribution in [2.24, 2.45) is 11.1 Å². The van der Waals surface area contributed by atoms with Gasteiger partial charge in [0.2, 0.25) is 0 Å². The van der Waals surface area contributed by atoms with E-state index in [1.165, 1.54) is 5.56 Å². The van der Waals surface area contributed by atoms with Crippen LogP contribution in [0.15, 0.2) is 12.1 Å². The largest absolute Gasteiger partial charge is 0.379 e. The van der Waals surface area contributed by atoms with Crippen LogP contribution in [0.1, 0.15) is 27.0 Å². The van der Waals surface area contributed by atoms with Gasteiger partial charge in [0.15, 0.2) is 5.78 Å². The van der Waals surface area contributed by atoms with Crippen LogP contribution in [0.2, 0.25) is 0 Å². The summed E-state index contributed by atoms with van der Waals surface area (Å²) in [6.45, 7) is 7.32. The Bertz CT molecular complexity index is 456. The highest BCUT2D eigenvalue weighted by Crippen LogP contribution is 2.32. The minimum Gasteiger partial charge on any atom is -0.379 e. The van der Waals surface area contributed by atoms with Crippen LogP contribution in [-0.4, -0.2) is 25.5 Å². The number of benzene rings is 1. The van der Waals surface area contributed by atoms with E-state index in [-0.39, 0.29) is 5.78 Å². The van der Waals surface area contributed by atoms with Crippen molar-refractivity contribution >= 4 is 5.78 Å². The number of rotatable bonds is 3. The molecule has 3 heteroatoms. The first-order valence-electron chi connectivity index (χ1n) is 5.91. The molecule has 1 aliphatic rings. The van der Waals surface area contributed by atoms with E-state index in [1.807, 2.05) is 19.9 Å². The summed E-state index contributed by atoms with van der Waals surface area (Å²) in [7, 11) is 0. The van der Waals surface area contributed by atoms with Gasteiger partial charge in [-0.2, -0.15) is 0 Å². The Kier molecular flexibility index (Phi) is 3.06. The van der Waals surface area contributed by atoms with Crippen LogP contribution in [0.4, 0.5) is 0 Å². The molecule has 1 fully saturated rings. The highest BCUT2D eigenvalue weighted by atomic mass is 16.5. The third-order valence-electron chi connectivity index (χ3n) is 3.71.